The molecule has 0 heterocycles. The molecule has 0 fully saturated rings. The van der Waals surface area contributed by atoms with Gasteiger partial charge in [0.2, 0.25) is 0 Å². The largest absolute Gasteiger partial charge is 0.468 e. The molecule has 1 aromatic rings. The molecule has 7 heteroatoms. The minimum absolute atomic E-state index is 0.0134. The molecule has 0 aliphatic heterocycles. The zero-order valence-corrected chi connectivity index (χ0v) is 11.5. The minimum Gasteiger partial charge on any atom is -0.468 e. The number of methoxy groups -OCH3 is 1. The van der Waals surface area contributed by atoms with Crippen molar-refractivity contribution < 1.29 is 14.5 Å². The van der Waals surface area contributed by atoms with E-state index in [0.717, 1.165) is 0 Å². The van der Waals surface area contributed by atoms with E-state index in [1.54, 1.807) is 17.0 Å². The highest BCUT2D eigenvalue weighted by molar-refractivity contribution is 5.76. The lowest BCUT2D eigenvalue weighted by atomic mass is 10.1. The van der Waals surface area contributed by atoms with Crippen molar-refractivity contribution in [3.8, 4) is 6.07 Å². The summed E-state index contributed by atoms with van der Waals surface area (Å²) in [6.45, 7) is 3.69. The van der Waals surface area contributed by atoms with Gasteiger partial charge in [-0.2, -0.15) is 5.26 Å². The molecular formula is C13H15N3O4. The summed E-state index contributed by atoms with van der Waals surface area (Å²) in [6, 6.07) is 5.96. The van der Waals surface area contributed by atoms with Gasteiger partial charge in [0.25, 0.3) is 5.69 Å². The summed E-state index contributed by atoms with van der Waals surface area (Å²) in [6.07, 6.45) is 0. The first-order valence-electron chi connectivity index (χ1n) is 5.92. The number of carbonyl (C=O) groups excluding carboxylic acids is 1. The first kappa shape index (κ1) is 15.4. The monoisotopic (exact) mass is 277 g/mol. The topological polar surface area (TPSA) is 96.5 Å². The molecule has 20 heavy (non-hydrogen) atoms. The third-order valence-corrected chi connectivity index (χ3v) is 2.78. The van der Waals surface area contributed by atoms with Gasteiger partial charge in [-0.25, -0.2) is 0 Å². The van der Waals surface area contributed by atoms with Crippen LogP contribution in [0.5, 0.6) is 0 Å². The van der Waals surface area contributed by atoms with E-state index in [0.29, 0.717) is 5.69 Å². The van der Waals surface area contributed by atoms with Gasteiger partial charge in [0.1, 0.15) is 18.2 Å². The molecule has 7 nitrogen and oxygen atoms in total. The zero-order chi connectivity index (χ0) is 15.3. The molecule has 0 spiro atoms. The van der Waals surface area contributed by atoms with Crippen LogP contribution in [-0.4, -0.2) is 30.6 Å². The highest BCUT2D eigenvalue weighted by Crippen LogP contribution is 2.26. The smallest absolute Gasteiger partial charge is 0.325 e. The third kappa shape index (κ3) is 3.45. The van der Waals surface area contributed by atoms with Crippen molar-refractivity contribution >= 4 is 17.3 Å². The van der Waals surface area contributed by atoms with Crippen LogP contribution in [0, 0.1) is 21.4 Å². The fourth-order valence-electron chi connectivity index (χ4n) is 1.72. The van der Waals surface area contributed by atoms with Crippen molar-refractivity contribution in [3.05, 3.63) is 33.9 Å². The Balaban J connectivity index is 3.22. The van der Waals surface area contributed by atoms with Crippen molar-refractivity contribution in [3.63, 3.8) is 0 Å². The fraction of sp³-hybridized carbons (Fsp3) is 0.385. The number of esters is 1. The van der Waals surface area contributed by atoms with Crippen LogP contribution in [-0.2, 0) is 9.53 Å². The summed E-state index contributed by atoms with van der Waals surface area (Å²) in [4.78, 5) is 23.4. The lowest BCUT2D eigenvalue weighted by Gasteiger charge is -2.27. The highest BCUT2D eigenvalue weighted by Gasteiger charge is 2.20. The summed E-state index contributed by atoms with van der Waals surface area (Å²) in [5.41, 5.74) is 0.206. The minimum atomic E-state index is -0.612. The molecule has 1 rings (SSSR count). The first-order valence-corrected chi connectivity index (χ1v) is 5.92. The number of ether oxygens (including phenoxy) is 1. The van der Waals surface area contributed by atoms with Gasteiger partial charge in [0.05, 0.1) is 12.0 Å². The number of rotatable bonds is 5. The van der Waals surface area contributed by atoms with E-state index in [9.17, 15) is 14.9 Å². The molecule has 0 unspecified atom stereocenters. The number of benzene rings is 1. The van der Waals surface area contributed by atoms with Gasteiger partial charge in [-0.1, -0.05) is 0 Å². The third-order valence-electron chi connectivity index (χ3n) is 2.78. The molecule has 0 saturated carbocycles. The van der Waals surface area contributed by atoms with Crippen molar-refractivity contribution in [2.45, 2.75) is 19.9 Å². The fourth-order valence-corrected chi connectivity index (χ4v) is 1.72. The zero-order valence-electron chi connectivity index (χ0n) is 11.5. The van der Waals surface area contributed by atoms with Crippen LogP contribution in [0.4, 0.5) is 11.4 Å². The van der Waals surface area contributed by atoms with E-state index in [2.05, 4.69) is 4.74 Å². The van der Waals surface area contributed by atoms with Gasteiger partial charge in [-0.3, -0.25) is 14.9 Å². The van der Waals surface area contributed by atoms with Gasteiger partial charge < -0.3 is 9.64 Å². The van der Waals surface area contributed by atoms with Crippen molar-refractivity contribution in [2.24, 2.45) is 0 Å². The summed E-state index contributed by atoms with van der Waals surface area (Å²) < 4.78 is 4.61. The van der Waals surface area contributed by atoms with Crippen LogP contribution >= 0.6 is 0 Å². The Bertz CT molecular complexity index is 563. The van der Waals surface area contributed by atoms with E-state index in [1.165, 1.54) is 19.2 Å². The van der Waals surface area contributed by atoms with Crippen molar-refractivity contribution in [2.75, 3.05) is 18.6 Å². The Morgan fingerprint density at radius 3 is 2.65 bits per heavy atom. The number of hydrogen-bond acceptors (Lipinski definition) is 6. The SMILES string of the molecule is COC(=O)CN(c1ccc(C#N)c([N+](=O)[O-])c1)C(C)C. The average Bonchev–Trinajstić information content (AvgIpc) is 2.43. The standard InChI is InChI=1S/C13H15N3O4/c1-9(2)15(8-13(17)20-3)11-5-4-10(7-14)12(6-11)16(18)19/h4-6,9H,8H2,1-3H3. The number of nitrogens with zero attached hydrogens (tertiary/aromatic N) is 3. The number of hydrogen-bond donors (Lipinski definition) is 0. The maximum atomic E-state index is 11.4. The molecule has 0 saturated heterocycles. The molecule has 0 aromatic heterocycles. The van der Waals surface area contributed by atoms with E-state index in [-0.39, 0.29) is 23.8 Å². The second kappa shape index (κ2) is 6.52. The van der Waals surface area contributed by atoms with E-state index in [1.807, 2.05) is 13.8 Å². The molecule has 1 aromatic carbocycles. The van der Waals surface area contributed by atoms with E-state index < -0.39 is 10.9 Å². The number of nitro groups is 1. The predicted octanol–water partition coefficient (Wildman–Crippen LogP) is 1.85. The first-order chi connectivity index (χ1) is 9.40. The normalized spacial score (nSPS) is 9.95. The number of nitro benzene ring substituents is 1. The van der Waals surface area contributed by atoms with Gasteiger partial charge in [0.15, 0.2) is 0 Å². The van der Waals surface area contributed by atoms with E-state index in [4.69, 9.17) is 5.26 Å². The maximum Gasteiger partial charge on any atom is 0.325 e. The summed E-state index contributed by atoms with van der Waals surface area (Å²) >= 11 is 0. The molecule has 0 aliphatic carbocycles. The molecule has 0 N–H and O–H groups in total. The molecule has 0 bridgehead atoms. The molecule has 0 amide bonds. The number of nitriles is 1. The molecule has 0 atom stereocenters. The summed E-state index contributed by atoms with van der Waals surface area (Å²) in [7, 11) is 1.28. The molecular weight excluding hydrogens is 262 g/mol. The molecule has 0 radical (unpaired) electrons. The Hall–Kier alpha value is -2.62. The highest BCUT2D eigenvalue weighted by atomic mass is 16.6. The lowest BCUT2D eigenvalue weighted by molar-refractivity contribution is -0.385. The van der Waals surface area contributed by atoms with Crippen LogP contribution < -0.4 is 4.90 Å². The predicted molar refractivity (Wildman–Crippen MR) is 72.3 cm³/mol. The second-order valence-corrected chi connectivity index (χ2v) is 4.37. The average molecular weight is 277 g/mol. The Morgan fingerprint density at radius 2 is 2.20 bits per heavy atom. The van der Waals surface area contributed by atoms with Gasteiger partial charge in [-0.15, -0.1) is 0 Å². The van der Waals surface area contributed by atoms with E-state index >= 15 is 0 Å². The van der Waals surface area contributed by atoms with Gasteiger partial charge in [-0.05, 0) is 26.0 Å². The van der Waals surface area contributed by atoms with Crippen molar-refractivity contribution in [1.82, 2.24) is 0 Å². The summed E-state index contributed by atoms with van der Waals surface area (Å²) in [5.74, 6) is -0.439. The van der Waals surface area contributed by atoms with Crippen LogP contribution in [0.1, 0.15) is 19.4 Å². The number of carbonyl (C=O) groups is 1. The van der Waals surface area contributed by atoms with Crippen LogP contribution in [0.25, 0.3) is 0 Å². The second-order valence-electron chi connectivity index (χ2n) is 4.37. The maximum absolute atomic E-state index is 11.4. The van der Waals surface area contributed by atoms with Gasteiger partial charge >= 0.3 is 5.97 Å². The van der Waals surface area contributed by atoms with Crippen molar-refractivity contribution in [1.29, 1.82) is 5.26 Å². The van der Waals surface area contributed by atoms with Crippen LogP contribution in [0.15, 0.2) is 18.2 Å². The quantitative estimate of drug-likeness (QED) is 0.463. The molecule has 0 aliphatic rings. The van der Waals surface area contributed by atoms with Crippen LogP contribution in [0.2, 0.25) is 0 Å². The summed E-state index contributed by atoms with van der Waals surface area (Å²) in [5, 5.41) is 19.8. The Labute approximate surface area is 116 Å². The lowest BCUT2D eigenvalue weighted by Crippen LogP contribution is -2.36. The Morgan fingerprint density at radius 1 is 1.55 bits per heavy atom. The van der Waals surface area contributed by atoms with Crippen LogP contribution in [0.3, 0.4) is 0 Å². The van der Waals surface area contributed by atoms with Gasteiger partial charge in [0, 0.05) is 17.8 Å². The Kier molecular flexibility index (Phi) is 5.03. The number of anilines is 1. The molecule has 106 valence electrons.